The summed E-state index contributed by atoms with van der Waals surface area (Å²) in [5, 5.41) is 4.15. The average Bonchev–Trinajstić information content (AvgIpc) is 3.24. The Labute approximate surface area is 187 Å². The fraction of sp³-hybridized carbons (Fsp3) is 0.417. The van der Waals surface area contributed by atoms with E-state index in [1.165, 1.54) is 4.70 Å². The molecule has 2 aromatic carbocycles. The van der Waals surface area contributed by atoms with E-state index in [4.69, 9.17) is 9.72 Å². The number of fused-ring (bicyclic) bond motifs is 1. The SMILES string of the molecule is CCCCOc1cccc(C(=O)NCCN2CCN(c3nc4ccccc4s3)CC2)c1. The van der Waals surface area contributed by atoms with E-state index in [0.717, 1.165) is 62.0 Å². The number of hydrogen-bond acceptors (Lipinski definition) is 6. The number of carbonyl (C=O) groups excluding carboxylic acids is 1. The molecule has 1 amide bonds. The first-order chi connectivity index (χ1) is 15.2. The second-order valence-electron chi connectivity index (χ2n) is 7.78. The molecule has 31 heavy (non-hydrogen) atoms. The van der Waals surface area contributed by atoms with Crippen LogP contribution in [-0.2, 0) is 0 Å². The first kappa shape index (κ1) is 21.6. The van der Waals surface area contributed by atoms with Crippen LogP contribution in [0.5, 0.6) is 5.75 Å². The number of piperazine rings is 1. The monoisotopic (exact) mass is 438 g/mol. The Balaban J connectivity index is 1.20. The number of nitrogens with zero attached hydrogens (tertiary/aromatic N) is 3. The van der Waals surface area contributed by atoms with Gasteiger partial charge in [-0.25, -0.2) is 4.98 Å². The summed E-state index contributed by atoms with van der Waals surface area (Å²) in [6, 6.07) is 15.7. The molecule has 7 heteroatoms. The number of unbranched alkanes of at least 4 members (excludes halogenated alkanes) is 1. The number of ether oxygens (including phenoxy) is 1. The molecular weight excluding hydrogens is 408 g/mol. The molecule has 0 bridgehead atoms. The highest BCUT2D eigenvalue weighted by Crippen LogP contribution is 2.29. The van der Waals surface area contributed by atoms with Crippen LogP contribution in [0.2, 0.25) is 0 Å². The van der Waals surface area contributed by atoms with Crippen LogP contribution >= 0.6 is 11.3 Å². The third-order valence-corrected chi connectivity index (χ3v) is 6.60. The van der Waals surface area contributed by atoms with Gasteiger partial charge in [0.2, 0.25) is 0 Å². The maximum atomic E-state index is 12.5. The van der Waals surface area contributed by atoms with E-state index in [1.807, 2.05) is 30.3 Å². The van der Waals surface area contributed by atoms with Gasteiger partial charge in [-0.1, -0.05) is 42.9 Å². The van der Waals surface area contributed by atoms with Crippen LogP contribution in [0.1, 0.15) is 30.1 Å². The van der Waals surface area contributed by atoms with Crippen molar-refractivity contribution in [2.75, 3.05) is 50.8 Å². The van der Waals surface area contributed by atoms with Crippen LogP contribution in [0.25, 0.3) is 10.2 Å². The molecule has 0 aliphatic carbocycles. The van der Waals surface area contributed by atoms with E-state index < -0.39 is 0 Å². The zero-order valence-corrected chi connectivity index (χ0v) is 18.9. The minimum absolute atomic E-state index is 0.0472. The first-order valence-corrected chi connectivity index (χ1v) is 11.9. The summed E-state index contributed by atoms with van der Waals surface area (Å²) >= 11 is 1.76. The summed E-state index contributed by atoms with van der Waals surface area (Å²) in [7, 11) is 0. The molecule has 2 heterocycles. The molecule has 0 atom stereocenters. The normalized spacial score (nSPS) is 14.7. The van der Waals surface area contributed by atoms with Gasteiger partial charge in [-0.05, 0) is 36.8 Å². The highest BCUT2D eigenvalue weighted by atomic mass is 32.1. The lowest BCUT2D eigenvalue weighted by atomic mass is 10.2. The lowest BCUT2D eigenvalue weighted by Gasteiger charge is -2.34. The molecule has 1 aromatic heterocycles. The Hall–Kier alpha value is -2.64. The van der Waals surface area contributed by atoms with Crippen LogP contribution in [0.15, 0.2) is 48.5 Å². The van der Waals surface area contributed by atoms with Crippen LogP contribution in [-0.4, -0.2) is 61.7 Å². The maximum absolute atomic E-state index is 12.5. The Bertz CT molecular complexity index is 965. The van der Waals surface area contributed by atoms with Gasteiger partial charge < -0.3 is 15.0 Å². The van der Waals surface area contributed by atoms with Crippen LogP contribution in [0, 0.1) is 0 Å². The van der Waals surface area contributed by atoms with Crippen molar-refractivity contribution < 1.29 is 9.53 Å². The number of para-hydroxylation sites is 1. The van der Waals surface area contributed by atoms with E-state index in [2.05, 4.69) is 40.2 Å². The molecule has 1 fully saturated rings. The molecule has 0 saturated carbocycles. The Morgan fingerprint density at radius 1 is 1.13 bits per heavy atom. The van der Waals surface area contributed by atoms with Crippen LogP contribution < -0.4 is 15.0 Å². The standard InChI is InChI=1S/C24H30N4O2S/c1-2-3-17-30-20-8-6-7-19(18-20)23(29)25-11-12-27-13-15-28(16-14-27)24-26-21-9-4-5-10-22(21)31-24/h4-10,18H,2-3,11-17H2,1H3,(H,25,29). The van der Waals surface area contributed by atoms with Gasteiger partial charge in [0.25, 0.3) is 5.91 Å². The molecule has 164 valence electrons. The number of aromatic nitrogens is 1. The summed E-state index contributed by atoms with van der Waals surface area (Å²) in [5.41, 5.74) is 1.72. The predicted octanol–water partition coefficient (Wildman–Crippen LogP) is 4.03. The molecule has 1 saturated heterocycles. The molecule has 0 unspecified atom stereocenters. The number of rotatable bonds is 9. The molecule has 3 aromatic rings. The van der Waals surface area contributed by atoms with Gasteiger partial charge in [0, 0.05) is 44.8 Å². The highest BCUT2D eigenvalue weighted by molar-refractivity contribution is 7.22. The summed E-state index contributed by atoms with van der Waals surface area (Å²) in [6.45, 7) is 8.19. The number of benzene rings is 2. The minimum Gasteiger partial charge on any atom is -0.494 e. The predicted molar refractivity (Wildman–Crippen MR) is 127 cm³/mol. The summed E-state index contributed by atoms with van der Waals surface area (Å²) in [6.07, 6.45) is 2.11. The van der Waals surface area contributed by atoms with Gasteiger partial charge in [-0.2, -0.15) is 0 Å². The molecule has 1 aliphatic heterocycles. The third kappa shape index (κ3) is 5.74. The fourth-order valence-corrected chi connectivity index (χ4v) is 4.67. The Kier molecular flexibility index (Phi) is 7.38. The molecule has 0 radical (unpaired) electrons. The van der Waals surface area contributed by atoms with Crippen LogP contribution in [0.3, 0.4) is 0 Å². The van der Waals surface area contributed by atoms with Crippen molar-refractivity contribution in [3.05, 3.63) is 54.1 Å². The third-order valence-electron chi connectivity index (χ3n) is 5.50. The summed E-state index contributed by atoms with van der Waals surface area (Å²) < 4.78 is 6.94. The minimum atomic E-state index is -0.0472. The van der Waals surface area contributed by atoms with Crippen molar-refractivity contribution in [2.24, 2.45) is 0 Å². The second-order valence-corrected chi connectivity index (χ2v) is 8.79. The van der Waals surface area contributed by atoms with E-state index in [1.54, 1.807) is 11.3 Å². The van der Waals surface area contributed by atoms with Crippen molar-refractivity contribution in [3.8, 4) is 5.75 Å². The second kappa shape index (κ2) is 10.6. The van der Waals surface area contributed by atoms with Crippen molar-refractivity contribution in [3.63, 3.8) is 0 Å². The zero-order valence-electron chi connectivity index (χ0n) is 18.0. The van der Waals surface area contributed by atoms with Gasteiger partial charge in [-0.3, -0.25) is 9.69 Å². The number of carbonyl (C=O) groups is 1. The van der Waals surface area contributed by atoms with Gasteiger partial charge in [0.1, 0.15) is 5.75 Å². The lowest BCUT2D eigenvalue weighted by molar-refractivity contribution is 0.0947. The topological polar surface area (TPSA) is 57.7 Å². The number of thiazole rings is 1. The fourth-order valence-electron chi connectivity index (χ4n) is 3.65. The summed E-state index contributed by atoms with van der Waals surface area (Å²) in [5.74, 6) is 0.709. The van der Waals surface area contributed by atoms with Gasteiger partial charge >= 0.3 is 0 Å². The quantitative estimate of drug-likeness (QED) is 0.511. The molecular formula is C24H30N4O2S. The molecule has 4 rings (SSSR count). The zero-order chi connectivity index (χ0) is 21.5. The number of nitrogens with one attached hydrogen (secondary N) is 1. The van der Waals surface area contributed by atoms with Crippen LogP contribution in [0.4, 0.5) is 5.13 Å². The lowest BCUT2D eigenvalue weighted by Crippen LogP contribution is -2.48. The summed E-state index contributed by atoms with van der Waals surface area (Å²) in [4.78, 5) is 22.0. The van der Waals surface area contributed by atoms with Crippen molar-refractivity contribution in [2.45, 2.75) is 19.8 Å². The molecule has 1 aliphatic rings. The van der Waals surface area contributed by atoms with Gasteiger partial charge in [0.05, 0.1) is 16.8 Å². The van der Waals surface area contributed by atoms with Gasteiger partial charge in [0.15, 0.2) is 5.13 Å². The van der Waals surface area contributed by atoms with E-state index in [9.17, 15) is 4.79 Å². The Morgan fingerprint density at radius 2 is 1.97 bits per heavy atom. The maximum Gasteiger partial charge on any atom is 0.251 e. The smallest absolute Gasteiger partial charge is 0.251 e. The Morgan fingerprint density at radius 3 is 2.77 bits per heavy atom. The number of anilines is 1. The average molecular weight is 439 g/mol. The van der Waals surface area contributed by atoms with Crippen molar-refractivity contribution in [1.29, 1.82) is 0 Å². The van der Waals surface area contributed by atoms with Gasteiger partial charge in [-0.15, -0.1) is 0 Å². The van der Waals surface area contributed by atoms with E-state index in [-0.39, 0.29) is 5.91 Å². The largest absolute Gasteiger partial charge is 0.494 e. The molecule has 6 nitrogen and oxygen atoms in total. The van der Waals surface area contributed by atoms with Crippen molar-refractivity contribution in [1.82, 2.24) is 15.2 Å². The van der Waals surface area contributed by atoms with Crippen molar-refractivity contribution >= 4 is 32.6 Å². The number of amides is 1. The first-order valence-electron chi connectivity index (χ1n) is 11.1. The highest BCUT2D eigenvalue weighted by Gasteiger charge is 2.19. The number of hydrogen-bond donors (Lipinski definition) is 1. The van der Waals surface area contributed by atoms with E-state index in [0.29, 0.717) is 18.7 Å². The van der Waals surface area contributed by atoms with E-state index >= 15 is 0 Å². The molecule has 1 N–H and O–H groups in total. The molecule has 0 spiro atoms.